The van der Waals surface area contributed by atoms with E-state index in [1.165, 1.54) is 0 Å². The van der Waals surface area contributed by atoms with Gasteiger partial charge in [-0.25, -0.2) is 4.79 Å². The predicted molar refractivity (Wildman–Crippen MR) is 63.3 cm³/mol. The third-order valence-corrected chi connectivity index (χ3v) is 2.58. The van der Waals surface area contributed by atoms with Crippen molar-refractivity contribution in [2.24, 2.45) is 0 Å². The van der Waals surface area contributed by atoms with E-state index in [2.05, 4.69) is 5.32 Å². The molecule has 2 unspecified atom stereocenters. The molecule has 17 heavy (non-hydrogen) atoms. The lowest BCUT2D eigenvalue weighted by atomic mass is 10.2. The summed E-state index contributed by atoms with van der Waals surface area (Å²) in [7, 11) is 0. The van der Waals surface area contributed by atoms with Gasteiger partial charge < -0.3 is 15.2 Å². The molecular weight excluding hydrogens is 218 g/mol. The lowest BCUT2D eigenvalue weighted by Crippen LogP contribution is -2.33. The van der Waals surface area contributed by atoms with Gasteiger partial charge in [-0.1, -0.05) is 42.5 Å². The van der Waals surface area contributed by atoms with Gasteiger partial charge in [0.25, 0.3) is 0 Å². The summed E-state index contributed by atoms with van der Waals surface area (Å²) in [4.78, 5) is 11.4. The lowest BCUT2D eigenvalue weighted by Gasteiger charge is -2.11. The number of benzene rings is 1. The second kappa shape index (κ2) is 5.50. The molecular formula is C13H15NO3. The maximum atomic E-state index is 11.4. The second-order valence-electron chi connectivity index (χ2n) is 4.00. The van der Waals surface area contributed by atoms with E-state index in [0.29, 0.717) is 6.42 Å². The number of hydrogen-bond donors (Lipinski definition) is 2. The van der Waals surface area contributed by atoms with Gasteiger partial charge in [0.1, 0.15) is 6.61 Å². The van der Waals surface area contributed by atoms with Crippen molar-refractivity contribution in [3.8, 4) is 0 Å². The molecule has 4 heteroatoms. The van der Waals surface area contributed by atoms with Crippen LogP contribution in [0.4, 0.5) is 4.79 Å². The highest BCUT2D eigenvalue weighted by Crippen LogP contribution is 2.10. The minimum Gasteiger partial charge on any atom is -0.445 e. The Kier molecular flexibility index (Phi) is 3.77. The van der Waals surface area contributed by atoms with Gasteiger partial charge in [-0.2, -0.15) is 0 Å². The minimum absolute atomic E-state index is 0.131. The Morgan fingerprint density at radius 3 is 2.76 bits per heavy atom. The van der Waals surface area contributed by atoms with Crippen LogP contribution in [0.15, 0.2) is 42.5 Å². The molecule has 0 bridgehead atoms. The summed E-state index contributed by atoms with van der Waals surface area (Å²) in [5.74, 6) is 0. The molecule has 2 N–H and O–H groups in total. The van der Waals surface area contributed by atoms with Crippen molar-refractivity contribution in [3.63, 3.8) is 0 Å². The fraction of sp³-hybridized carbons (Fsp3) is 0.308. The van der Waals surface area contributed by atoms with E-state index >= 15 is 0 Å². The Hall–Kier alpha value is -1.81. The number of ether oxygens (including phenoxy) is 1. The van der Waals surface area contributed by atoms with Crippen LogP contribution in [0.25, 0.3) is 0 Å². The SMILES string of the molecule is O=C(NC1C=CC(O)C1)OCc1ccccc1. The number of hydrogen-bond acceptors (Lipinski definition) is 3. The van der Waals surface area contributed by atoms with E-state index in [-0.39, 0.29) is 12.6 Å². The quantitative estimate of drug-likeness (QED) is 0.780. The molecule has 2 rings (SSSR count). The Morgan fingerprint density at radius 1 is 1.35 bits per heavy atom. The summed E-state index contributed by atoms with van der Waals surface area (Å²) in [5, 5.41) is 11.9. The van der Waals surface area contributed by atoms with Crippen LogP contribution in [-0.2, 0) is 11.3 Å². The van der Waals surface area contributed by atoms with Crippen molar-refractivity contribution in [2.75, 3.05) is 0 Å². The fourth-order valence-corrected chi connectivity index (χ4v) is 1.70. The first-order chi connectivity index (χ1) is 8.24. The van der Waals surface area contributed by atoms with Gasteiger partial charge >= 0.3 is 6.09 Å². The van der Waals surface area contributed by atoms with E-state index in [4.69, 9.17) is 4.74 Å². The molecule has 0 fully saturated rings. The van der Waals surface area contributed by atoms with Crippen molar-refractivity contribution in [1.82, 2.24) is 5.32 Å². The summed E-state index contributed by atoms with van der Waals surface area (Å²) in [6.07, 6.45) is 3.03. The van der Waals surface area contributed by atoms with E-state index < -0.39 is 12.2 Å². The van der Waals surface area contributed by atoms with Crippen LogP contribution in [0.1, 0.15) is 12.0 Å². The molecule has 4 nitrogen and oxygen atoms in total. The molecule has 0 aliphatic heterocycles. The number of rotatable bonds is 3. The predicted octanol–water partition coefficient (Wildman–Crippen LogP) is 1.60. The first kappa shape index (κ1) is 11.7. The Balaban J connectivity index is 1.73. The van der Waals surface area contributed by atoms with Crippen molar-refractivity contribution < 1.29 is 14.6 Å². The van der Waals surface area contributed by atoms with Crippen LogP contribution in [0.2, 0.25) is 0 Å². The van der Waals surface area contributed by atoms with Crippen LogP contribution < -0.4 is 5.32 Å². The number of carbonyl (C=O) groups is 1. The van der Waals surface area contributed by atoms with Gasteiger partial charge in [0.15, 0.2) is 0 Å². The molecule has 1 aliphatic rings. The molecule has 1 aromatic rings. The lowest BCUT2D eigenvalue weighted by molar-refractivity contribution is 0.135. The normalized spacial score (nSPS) is 22.4. The summed E-state index contributed by atoms with van der Waals surface area (Å²) in [6, 6.07) is 9.36. The van der Waals surface area contributed by atoms with Gasteiger partial charge in [-0.05, 0) is 5.56 Å². The molecule has 0 saturated carbocycles. The van der Waals surface area contributed by atoms with Crippen LogP contribution in [0.5, 0.6) is 0 Å². The summed E-state index contributed by atoms with van der Waals surface area (Å²) >= 11 is 0. The number of amides is 1. The Morgan fingerprint density at radius 2 is 2.12 bits per heavy atom. The summed E-state index contributed by atoms with van der Waals surface area (Å²) < 4.78 is 5.06. The zero-order valence-electron chi connectivity index (χ0n) is 9.37. The zero-order chi connectivity index (χ0) is 12.1. The van der Waals surface area contributed by atoms with Gasteiger partial charge in [0.2, 0.25) is 0 Å². The van der Waals surface area contributed by atoms with Crippen molar-refractivity contribution in [2.45, 2.75) is 25.2 Å². The van der Waals surface area contributed by atoms with Crippen molar-refractivity contribution in [3.05, 3.63) is 48.0 Å². The van der Waals surface area contributed by atoms with E-state index in [0.717, 1.165) is 5.56 Å². The highest BCUT2D eigenvalue weighted by Gasteiger charge is 2.18. The third-order valence-electron chi connectivity index (χ3n) is 2.58. The van der Waals surface area contributed by atoms with Crippen LogP contribution in [-0.4, -0.2) is 23.3 Å². The number of nitrogens with one attached hydrogen (secondary N) is 1. The Bertz CT molecular complexity index is 402. The standard InChI is InChI=1S/C13H15NO3/c15-12-7-6-11(8-12)14-13(16)17-9-10-4-2-1-3-5-10/h1-7,11-12,15H,8-9H2,(H,14,16). The minimum atomic E-state index is -0.463. The maximum absolute atomic E-state index is 11.4. The van der Waals surface area contributed by atoms with Gasteiger partial charge in [-0.3, -0.25) is 0 Å². The summed E-state index contributed by atoms with van der Waals surface area (Å²) in [5.41, 5.74) is 0.949. The first-order valence-electron chi connectivity index (χ1n) is 5.57. The van der Waals surface area contributed by atoms with E-state index in [1.807, 2.05) is 30.3 Å². The number of alkyl carbamates (subject to hydrolysis) is 1. The monoisotopic (exact) mass is 233 g/mol. The van der Waals surface area contributed by atoms with Crippen molar-refractivity contribution >= 4 is 6.09 Å². The van der Waals surface area contributed by atoms with Crippen LogP contribution in [0, 0.1) is 0 Å². The largest absolute Gasteiger partial charge is 0.445 e. The topological polar surface area (TPSA) is 58.6 Å². The van der Waals surface area contributed by atoms with Crippen LogP contribution in [0.3, 0.4) is 0 Å². The van der Waals surface area contributed by atoms with Crippen molar-refractivity contribution in [1.29, 1.82) is 0 Å². The fourth-order valence-electron chi connectivity index (χ4n) is 1.70. The highest BCUT2D eigenvalue weighted by atomic mass is 16.5. The average Bonchev–Trinajstić information content (AvgIpc) is 2.73. The number of aliphatic hydroxyl groups excluding tert-OH is 1. The van der Waals surface area contributed by atoms with Gasteiger partial charge in [0.05, 0.1) is 12.1 Å². The molecule has 2 atom stereocenters. The number of aliphatic hydroxyl groups is 1. The first-order valence-corrected chi connectivity index (χ1v) is 5.57. The molecule has 0 heterocycles. The van der Waals surface area contributed by atoms with E-state index in [9.17, 15) is 9.90 Å². The zero-order valence-corrected chi connectivity index (χ0v) is 9.37. The van der Waals surface area contributed by atoms with Gasteiger partial charge in [0, 0.05) is 6.42 Å². The number of carbonyl (C=O) groups excluding carboxylic acids is 1. The smallest absolute Gasteiger partial charge is 0.407 e. The Labute approximate surface area is 99.9 Å². The molecule has 1 aromatic carbocycles. The molecule has 0 aromatic heterocycles. The molecule has 1 amide bonds. The molecule has 0 spiro atoms. The molecule has 90 valence electrons. The van der Waals surface area contributed by atoms with E-state index in [1.54, 1.807) is 12.2 Å². The van der Waals surface area contributed by atoms with Gasteiger partial charge in [-0.15, -0.1) is 0 Å². The summed E-state index contributed by atoms with van der Waals surface area (Å²) in [6.45, 7) is 0.256. The average molecular weight is 233 g/mol. The molecule has 0 saturated heterocycles. The highest BCUT2D eigenvalue weighted by molar-refractivity contribution is 5.68. The second-order valence-corrected chi connectivity index (χ2v) is 4.00. The van der Waals surface area contributed by atoms with Crippen LogP contribution >= 0.6 is 0 Å². The maximum Gasteiger partial charge on any atom is 0.407 e. The molecule has 1 aliphatic carbocycles. The third kappa shape index (κ3) is 3.60. The molecule has 0 radical (unpaired) electrons.